The van der Waals surface area contributed by atoms with Crippen molar-refractivity contribution in [1.29, 1.82) is 0 Å². The molecule has 22 heavy (non-hydrogen) atoms. The van der Waals surface area contributed by atoms with Gasteiger partial charge in [-0.05, 0) is 58.9 Å². The van der Waals surface area contributed by atoms with Gasteiger partial charge in [-0.15, -0.1) is 11.3 Å². The first-order valence-corrected chi connectivity index (χ1v) is 8.25. The van der Waals surface area contributed by atoms with Crippen LogP contribution >= 0.6 is 27.3 Å². The third-order valence-corrected chi connectivity index (χ3v) is 4.64. The van der Waals surface area contributed by atoms with Crippen LogP contribution in [0.2, 0.25) is 0 Å². The summed E-state index contributed by atoms with van der Waals surface area (Å²) < 4.78 is 2.63. The van der Waals surface area contributed by atoms with E-state index in [0.717, 1.165) is 20.6 Å². The number of halogens is 1. The Morgan fingerprint density at radius 3 is 2.95 bits per heavy atom. The zero-order chi connectivity index (χ0) is 15.7. The van der Waals surface area contributed by atoms with Crippen LogP contribution in [0.15, 0.2) is 39.4 Å². The molecule has 0 aliphatic carbocycles. The van der Waals surface area contributed by atoms with Gasteiger partial charge in [0.1, 0.15) is 11.3 Å². The Morgan fingerprint density at radius 2 is 2.23 bits per heavy atom. The SMILES string of the molecule is Cc1ccsc1/C=N\NC(=O)c1c(C)nc2ccc(Br)cn12. The number of nitrogens with zero attached hydrogens (tertiary/aromatic N) is 3. The van der Waals surface area contributed by atoms with Crippen molar-refractivity contribution < 1.29 is 4.79 Å². The Balaban J connectivity index is 1.86. The number of carbonyl (C=O) groups is 1. The normalized spacial score (nSPS) is 11.4. The van der Waals surface area contributed by atoms with Crippen LogP contribution in [0.5, 0.6) is 0 Å². The molecule has 1 amide bonds. The Hall–Kier alpha value is -1.99. The van der Waals surface area contributed by atoms with E-state index in [1.54, 1.807) is 22.0 Å². The van der Waals surface area contributed by atoms with Gasteiger partial charge in [-0.2, -0.15) is 5.10 Å². The number of hydrazone groups is 1. The van der Waals surface area contributed by atoms with E-state index < -0.39 is 0 Å². The predicted molar refractivity (Wildman–Crippen MR) is 91.7 cm³/mol. The number of amides is 1. The Bertz CT molecular complexity index is 881. The molecule has 0 aliphatic heterocycles. The van der Waals surface area contributed by atoms with Crippen LogP contribution in [0.3, 0.4) is 0 Å². The summed E-state index contributed by atoms with van der Waals surface area (Å²) in [5.74, 6) is -0.284. The van der Waals surface area contributed by atoms with Crippen molar-refractivity contribution in [2.75, 3.05) is 0 Å². The molecule has 0 fully saturated rings. The van der Waals surface area contributed by atoms with Crippen molar-refractivity contribution in [2.24, 2.45) is 5.10 Å². The van der Waals surface area contributed by atoms with Crippen molar-refractivity contribution in [3.8, 4) is 0 Å². The highest BCUT2D eigenvalue weighted by atomic mass is 79.9. The Kier molecular flexibility index (Phi) is 4.08. The molecule has 0 atom stereocenters. The lowest BCUT2D eigenvalue weighted by molar-refractivity contribution is 0.0948. The molecule has 0 aliphatic rings. The summed E-state index contributed by atoms with van der Waals surface area (Å²) in [6, 6.07) is 5.76. The highest BCUT2D eigenvalue weighted by molar-refractivity contribution is 9.10. The zero-order valence-corrected chi connectivity index (χ0v) is 14.4. The van der Waals surface area contributed by atoms with Crippen LogP contribution in [0.4, 0.5) is 0 Å². The standard InChI is InChI=1S/C15H13BrN4OS/c1-9-5-6-22-12(9)7-17-19-15(21)14-10(2)18-13-4-3-11(16)8-20(13)14/h3-8H,1-2H3,(H,19,21)/b17-7-. The topological polar surface area (TPSA) is 58.8 Å². The smallest absolute Gasteiger partial charge is 0.290 e. The van der Waals surface area contributed by atoms with Crippen molar-refractivity contribution in [2.45, 2.75) is 13.8 Å². The molecule has 0 aromatic carbocycles. The second-order valence-electron chi connectivity index (χ2n) is 4.79. The summed E-state index contributed by atoms with van der Waals surface area (Å²) in [7, 11) is 0. The van der Waals surface area contributed by atoms with Gasteiger partial charge in [-0.3, -0.25) is 9.20 Å². The predicted octanol–water partition coefficient (Wildman–Crippen LogP) is 3.54. The molecular weight excluding hydrogens is 364 g/mol. The van der Waals surface area contributed by atoms with E-state index in [9.17, 15) is 4.79 Å². The highest BCUT2D eigenvalue weighted by Gasteiger charge is 2.16. The molecule has 0 saturated carbocycles. The van der Waals surface area contributed by atoms with Crippen molar-refractivity contribution in [1.82, 2.24) is 14.8 Å². The van der Waals surface area contributed by atoms with Gasteiger partial charge in [0.15, 0.2) is 0 Å². The number of fused-ring (bicyclic) bond motifs is 1. The molecule has 0 saturated heterocycles. The summed E-state index contributed by atoms with van der Waals surface area (Å²) in [5.41, 5.74) is 5.57. The highest BCUT2D eigenvalue weighted by Crippen LogP contribution is 2.17. The lowest BCUT2D eigenvalue weighted by Crippen LogP contribution is -2.20. The number of carbonyl (C=O) groups excluding carboxylic acids is 1. The number of thiophene rings is 1. The number of aromatic nitrogens is 2. The molecule has 0 bridgehead atoms. The Morgan fingerprint density at radius 1 is 1.41 bits per heavy atom. The summed E-state index contributed by atoms with van der Waals surface area (Å²) in [4.78, 5) is 17.8. The minimum atomic E-state index is -0.284. The number of hydrogen-bond acceptors (Lipinski definition) is 4. The summed E-state index contributed by atoms with van der Waals surface area (Å²) in [6.07, 6.45) is 3.48. The van der Waals surface area contributed by atoms with Gasteiger partial charge in [0.2, 0.25) is 0 Å². The second kappa shape index (κ2) is 6.02. The van der Waals surface area contributed by atoms with Gasteiger partial charge in [0.05, 0.1) is 11.9 Å². The summed E-state index contributed by atoms with van der Waals surface area (Å²) in [5, 5.41) is 6.02. The van der Waals surface area contributed by atoms with Gasteiger partial charge < -0.3 is 0 Å². The molecule has 112 valence electrons. The second-order valence-corrected chi connectivity index (χ2v) is 6.65. The van der Waals surface area contributed by atoms with E-state index in [4.69, 9.17) is 0 Å². The first kappa shape index (κ1) is 14.9. The quantitative estimate of drug-likeness (QED) is 0.561. The summed E-state index contributed by atoms with van der Waals surface area (Å²) in [6.45, 7) is 3.81. The minimum Gasteiger partial charge on any atom is -0.294 e. The van der Waals surface area contributed by atoms with Gasteiger partial charge >= 0.3 is 0 Å². The molecule has 3 rings (SSSR count). The van der Waals surface area contributed by atoms with Crippen molar-refractivity contribution in [3.63, 3.8) is 0 Å². The van der Waals surface area contributed by atoms with Crippen LogP contribution < -0.4 is 5.43 Å². The van der Waals surface area contributed by atoms with Gasteiger partial charge in [-0.1, -0.05) is 0 Å². The van der Waals surface area contributed by atoms with Gasteiger partial charge in [-0.25, -0.2) is 10.4 Å². The molecule has 1 N–H and O–H groups in total. The van der Waals surface area contributed by atoms with E-state index >= 15 is 0 Å². The maximum atomic E-state index is 12.4. The molecule has 0 unspecified atom stereocenters. The molecule has 0 radical (unpaired) electrons. The zero-order valence-electron chi connectivity index (χ0n) is 12.0. The largest absolute Gasteiger partial charge is 0.294 e. The number of imidazole rings is 1. The first-order chi connectivity index (χ1) is 10.6. The van der Waals surface area contributed by atoms with E-state index in [2.05, 4.69) is 31.4 Å². The molecular formula is C15H13BrN4OS. The lowest BCUT2D eigenvalue weighted by atomic mass is 10.3. The fourth-order valence-electron chi connectivity index (χ4n) is 2.13. The summed E-state index contributed by atoms with van der Waals surface area (Å²) >= 11 is 4.99. The monoisotopic (exact) mass is 376 g/mol. The van der Waals surface area contributed by atoms with Crippen LogP contribution in [-0.2, 0) is 0 Å². The van der Waals surface area contributed by atoms with E-state index in [1.165, 1.54) is 0 Å². The van der Waals surface area contributed by atoms with Crippen LogP contribution in [0.25, 0.3) is 5.65 Å². The van der Waals surface area contributed by atoms with Crippen LogP contribution in [0.1, 0.15) is 26.6 Å². The molecule has 0 spiro atoms. The average molecular weight is 377 g/mol. The fourth-order valence-corrected chi connectivity index (χ4v) is 3.25. The molecule has 3 heterocycles. The number of nitrogens with one attached hydrogen (secondary N) is 1. The average Bonchev–Trinajstić information content (AvgIpc) is 3.01. The third-order valence-electron chi connectivity index (χ3n) is 3.22. The molecule has 7 heteroatoms. The molecule has 5 nitrogen and oxygen atoms in total. The first-order valence-electron chi connectivity index (χ1n) is 6.58. The number of rotatable bonds is 3. The minimum absolute atomic E-state index is 0.284. The maximum absolute atomic E-state index is 12.4. The third kappa shape index (κ3) is 2.82. The van der Waals surface area contributed by atoms with E-state index in [1.807, 2.05) is 43.6 Å². The van der Waals surface area contributed by atoms with E-state index in [0.29, 0.717) is 11.4 Å². The van der Waals surface area contributed by atoms with Crippen molar-refractivity contribution >= 4 is 45.0 Å². The maximum Gasteiger partial charge on any atom is 0.290 e. The molecule has 3 aromatic rings. The van der Waals surface area contributed by atoms with Crippen LogP contribution in [-0.4, -0.2) is 21.5 Å². The van der Waals surface area contributed by atoms with E-state index in [-0.39, 0.29) is 5.91 Å². The number of aryl methyl sites for hydroxylation is 2. The molecule has 3 aromatic heterocycles. The Labute approximate surface area is 139 Å². The number of hydrogen-bond donors (Lipinski definition) is 1. The lowest BCUT2D eigenvalue weighted by Gasteiger charge is -2.02. The number of pyridine rings is 1. The fraction of sp³-hybridized carbons (Fsp3) is 0.133. The van der Waals surface area contributed by atoms with Crippen LogP contribution in [0, 0.1) is 13.8 Å². The van der Waals surface area contributed by atoms with Crippen molar-refractivity contribution in [3.05, 3.63) is 56.1 Å². The van der Waals surface area contributed by atoms with Gasteiger partial charge in [0, 0.05) is 15.5 Å². The van der Waals surface area contributed by atoms with Gasteiger partial charge in [0.25, 0.3) is 5.91 Å².